The average Bonchev–Trinajstić information content (AvgIpc) is 2.49. The first-order valence-electron chi connectivity index (χ1n) is 7.61. The maximum absolute atomic E-state index is 6.34. The van der Waals surface area contributed by atoms with Crippen molar-refractivity contribution >= 4 is 0 Å². The number of hydrogen-bond acceptors (Lipinski definition) is 2. The monoisotopic (exact) mass is 282 g/mol. The van der Waals surface area contributed by atoms with Crippen LogP contribution in [0.3, 0.4) is 0 Å². The fourth-order valence-corrected chi connectivity index (χ4v) is 2.49. The van der Waals surface area contributed by atoms with E-state index in [4.69, 9.17) is 5.73 Å². The molecule has 0 bridgehead atoms. The number of nitrogens with zero attached hydrogens (tertiary/aromatic N) is 1. The molecule has 0 fully saturated rings. The van der Waals surface area contributed by atoms with Gasteiger partial charge in [0.1, 0.15) is 0 Å². The number of hydrogen-bond donors (Lipinski definition) is 1. The number of benzene rings is 2. The lowest BCUT2D eigenvalue weighted by Crippen LogP contribution is -2.30. The molecule has 2 N–H and O–H groups in total. The van der Waals surface area contributed by atoms with Crippen LogP contribution in [0.1, 0.15) is 28.3 Å². The summed E-state index contributed by atoms with van der Waals surface area (Å²) in [7, 11) is 2.14. The summed E-state index contributed by atoms with van der Waals surface area (Å²) in [6, 6.07) is 17.2. The summed E-state index contributed by atoms with van der Waals surface area (Å²) >= 11 is 0. The molecular formula is C19H26N2. The van der Waals surface area contributed by atoms with Crippen LogP contribution in [0.5, 0.6) is 0 Å². The van der Waals surface area contributed by atoms with Gasteiger partial charge in [-0.1, -0.05) is 48.5 Å². The number of aryl methyl sites for hydroxylation is 2. The van der Waals surface area contributed by atoms with Gasteiger partial charge in [0.15, 0.2) is 0 Å². The fraction of sp³-hybridized carbons (Fsp3) is 0.368. The van der Waals surface area contributed by atoms with Gasteiger partial charge in [-0.25, -0.2) is 0 Å². The Hall–Kier alpha value is -1.64. The molecule has 0 saturated heterocycles. The minimum Gasteiger partial charge on any atom is -0.323 e. The van der Waals surface area contributed by atoms with Crippen molar-refractivity contribution in [2.75, 3.05) is 20.1 Å². The van der Waals surface area contributed by atoms with Gasteiger partial charge in [0.2, 0.25) is 0 Å². The first-order valence-corrected chi connectivity index (χ1v) is 7.61. The predicted molar refractivity (Wildman–Crippen MR) is 90.5 cm³/mol. The van der Waals surface area contributed by atoms with Crippen molar-refractivity contribution in [1.29, 1.82) is 0 Å². The predicted octanol–water partition coefficient (Wildman–Crippen LogP) is 3.48. The second kappa shape index (κ2) is 7.39. The standard InChI is InChI=1S/C19H26N2/c1-15-9-10-18(13-16(15)2)19(20)14-21(3)12-11-17-7-5-4-6-8-17/h4-10,13,19H,11-12,14,20H2,1-3H3. The SMILES string of the molecule is Cc1ccc(C(N)CN(C)CCc2ccccc2)cc1C. The normalized spacial score (nSPS) is 12.6. The van der Waals surface area contributed by atoms with E-state index in [1.165, 1.54) is 22.3 Å². The first kappa shape index (κ1) is 15.7. The Kier molecular flexibility index (Phi) is 5.54. The van der Waals surface area contributed by atoms with Gasteiger partial charge in [0.25, 0.3) is 0 Å². The van der Waals surface area contributed by atoms with Crippen LogP contribution in [0.15, 0.2) is 48.5 Å². The molecule has 0 heterocycles. The Labute approximate surface area is 128 Å². The maximum Gasteiger partial charge on any atom is 0.0424 e. The Morgan fingerprint density at radius 2 is 1.71 bits per heavy atom. The van der Waals surface area contributed by atoms with Crippen LogP contribution < -0.4 is 5.73 Å². The smallest absolute Gasteiger partial charge is 0.0424 e. The van der Waals surface area contributed by atoms with Crippen molar-refractivity contribution in [3.05, 3.63) is 70.8 Å². The molecule has 0 aliphatic carbocycles. The third-order valence-electron chi connectivity index (χ3n) is 4.09. The van der Waals surface area contributed by atoms with Crippen molar-refractivity contribution in [1.82, 2.24) is 4.90 Å². The van der Waals surface area contributed by atoms with Gasteiger partial charge in [-0.3, -0.25) is 0 Å². The lowest BCUT2D eigenvalue weighted by molar-refractivity contribution is 0.316. The van der Waals surface area contributed by atoms with E-state index in [1.807, 2.05) is 0 Å². The van der Waals surface area contributed by atoms with Gasteiger partial charge in [0, 0.05) is 19.1 Å². The molecule has 112 valence electrons. The Balaban J connectivity index is 1.86. The van der Waals surface area contributed by atoms with E-state index in [1.54, 1.807) is 0 Å². The van der Waals surface area contributed by atoms with Crippen LogP contribution in [-0.4, -0.2) is 25.0 Å². The van der Waals surface area contributed by atoms with E-state index in [-0.39, 0.29) is 6.04 Å². The minimum atomic E-state index is 0.0741. The van der Waals surface area contributed by atoms with Gasteiger partial charge in [-0.2, -0.15) is 0 Å². The van der Waals surface area contributed by atoms with Gasteiger partial charge in [-0.15, -0.1) is 0 Å². The molecule has 1 unspecified atom stereocenters. The van der Waals surface area contributed by atoms with Gasteiger partial charge in [-0.05, 0) is 49.6 Å². The molecule has 2 nitrogen and oxygen atoms in total. The highest BCUT2D eigenvalue weighted by Crippen LogP contribution is 2.16. The van der Waals surface area contributed by atoms with Crippen LogP contribution >= 0.6 is 0 Å². The molecule has 0 aliphatic heterocycles. The first-order chi connectivity index (χ1) is 10.1. The second-order valence-electron chi connectivity index (χ2n) is 5.95. The van der Waals surface area contributed by atoms with Crippen LogP contribution in [0, 0.1) is 13.8 Å². The molecule has 21 heavy (non-hydrogen) atoms. The van der Waals surface area contributed by atoms with Crippen LogP contribution in [0.4, 0.5) is 0 Å². The van der Waals surface area contributed by atoms with Crippen molar-refractivity contribution in [2.45, 2.75) is 26.3 Å². The molecular weight excluding hydrogens is 256 g/mol. The maximum atomic E-state index is 6.34. The largest absolute Gasteiger partial charge is 0.323 e. The minimum absolute atomic E-state index is 0.0741. The summed E-state index contributed by atoms with van der Waals surface area (Å²) in [4.78, 5) is 2.31. The van der Waals surface area contributed by atoms with Crippen LogP contribution in [0.25, 0.3) is 0 Å². The Morgan fingerprint density at radius 3 is 2.38 bits per heavy atom. The molecule has 0 aromatic heterocycles. The van der Waals surface area contributed by atoms with Crippen molar-refractivity contribution in [3.8, 4) is 0 Å². The van der Waals surface area contributed by atoms with Gasteiger partial charge < -0.3 is 10.6 Å². The Morgan fingerprint density at radius 1 is 1.00 bits per heavy atom. The van der Waals surface area contributed by atoms with E-state index in [0.717, 1.165) is 19.5 Å². The number of likely N-dealkylation sites (N-methyl/N-ethyl adjacent to an activating group) is 1. The van der Waals surface area contributed by atoms with E-state index in [2.05, 4.69) is 74.3 Å². The second-order valence-corrected chi connectivity index (χ2v) is 5.95. The highest BCUT2D eigenvalue weighted by molar-refractivity contribution is 5.31. The molecule has 0 radical (unpaired) electrons. The zero-order valence-corrected chi connectivity index (χ0v) is 13.3. The fourth-order valence-electron chi connectivity index (χ4n) is 2.49. The molecule has 2 aromatic carbocycles. The van der Waals surface area contributed by atoms with Crippen molar-refractivity contribution < 1.29 is 0 Å². The number of nitrogens with two attached hydrogens (primary N) is 1. The summed E-state index contributed by atoms with van der Waals surface area (Å²) in [5.41, 5.74) is 11.6. The molecule has 2 heteroatoms. The highest BCUT2D eigenvalue weighted by atomic mass is 15.1. The van der Waals surface area contributed by atoms with Crippen LogP contribution in [-0.2, 0) is 6.42 Å². The zero-order valence-electron chi connectivity index (χ0n) is 13.3. The molecule has 1 atom stereocenters. The van der Waals surface area contributed by atoms with Gasteiger partial charge in [0.05, 0.1) is 0 Å². The third-order valence-corrected chi connectivity index (χ3v) is 4.09. The van der Waals surface area contributed by atoms with E-state index in [9.17, 15) is 0 Å². The summed E-state index contributed by atoms with van der Waals surface area (Å²) < 4.78 is 0. The van der Waals surface area contributed by atoms with Crippen LogP contribution in [0.2, 0.25) is 0 Å². The van der Waals surface area contributed by atoms with Crippen molar-refractivity contribution in [2.24, 2.45) is 5.73 Å². The zero-order chi connectivity index (χ0) is 15.2. The summed E-state index contributed by atoms with van der Waals surface area (Å²) in [5.74, 6) is 0. The molecule has 2 aromatic rings. The topological polar surface area (TPSA) is 29.3 Å². The lowest BCUT2D eigenvalue weighted by atomic mass is 10.0. The van der Waals surface area contributed by atoms with Gasteiger partial charge >= 0.3 is 0 Å². The summed E-state index contributed by atoms with van der Waals surface area (Å²) in [6.07, 6.45) is 1.07. The molecule has 0 amide bonds. The highest BCUT2D eigenvalue weighted by Gasteiger charge is 2.10. The molecule has 0 aliphatic rings. The Bertz CT molecular complexity index is 563. The average molecular weight is 282 g/mol. The number of rotatable bonds is 6. The molecule has 0 saturated carbocycles. The quantitative estimate of drug-likeness (QED) is 0.879. The molecule has 0 spiro atoms. The summed E-state index contributed by atoms with van der Waals surface area (Å²) in [5, 5.41) is 0. The van der Waals surface area contributed by atoms with E-state index in [0.29, 0.717) is 0 Å². The lowest BCUT2D eigenvalue weighted by Gasteiger charge is -2.22. The van der Waals surface area contributed by atoms with E-state index < -0.39 is 0 Å². The van der Waals surface area contributed by atoms with E-state index >= 15 is 0 Å². The molecule has 2 rings (SSSR count). The van der Waals surface area contributed by atoms with Crippen molar-refractivity contribution in [3.63, 3.8) is 0 Å². The third kappa shape index (κ3) is 4.69. The summed E-state index contributed by atoms with van der Waals surface area (Å²) in [6.45, 7) is 6.19.